The highest BCUT2D eigenvalue weighted by Crippen LogP contribution is 2.23. The summed E-state index contributed by atoms with van der Waals surface area (Å²) in [5, 5.41) is 10.6. The van der Waals surface area contributed by atoms with Gasteiger partial charge in [0.25, 0.3) is 0 Å². The van der Waals surface area contributed by atoms with Crippen LogP contribution < -0.4 is 5.32 Å². The van der Waals surface area contributed by atoms with E-state index in [1.54, 1.807) is 18.2 Å². The minimum absolute atomic E-state index is 0.0567. The maximum atomic E-state index is 12.6. The smallest absolute Gasteiger partial charge is 0.231 e. The monoisotopic (exact) mass is 395 g/mol. The van der Waals surface area contributed by atoms with Crippen LogP contribution >= 0.6 is 0 Å². The Kier molecular flexibility index (Phi) is 5.84. The summed E-state index contributed by atoms with van der Waals surface area (Å²) in [5.74, 6) is -0.269. The van der Waals surface area contributed by atoms with Crippen molar-refractivity contribution in [1.82, 2.24) is 10.2 Å². The van der Waals surface area contributed by atoms with E-state index in [9.17, 15) is 13.2 Å². The Labute approximate surface area is 164 Å². The van der Waals surface area contributed by atoms with Gasteiger partial charge in [0.1, 0.15) is 0 Å². The van der Waals surface area contributed by atoms with Crippen LogP contribution in [0, 0.1) is 0 Å². The van der Waals surface area contributed by atoms with Crippen molar-refractivity contribution in [3.63, 3.8) is 0 Å². The quantitative estimate of drug-likeness (QED) is 0.688. The molecule has 2 aromatic carbocycles. The number of hydrogen-bond donors (Lipinski definition) is 1. The van der Waals surface area contributed by atoms with Gasteiger partial charge in [-0.25, -0.2) is 8.42 Å². The van der Waals surface area contributed by atoms with Crippen LogP contribution in [0.2, 0.25) is 0 Å². The molecule has 1 heterocycles. The lowest BCUT2D eigenvalue weighted by molar-refractivity contribution is -0.117. The minimum Gasteiger partial charge on any atom is -0.326 e. The van der Waals surface area contributed by atoms with Crippen molar-refractivity contribution in [2.75, 3.05) is 11.6 Å². The van der Waals surface area contributed by atoms with Gasteiger partial charge >= 0.3 is 0 Å². The molecule has 3 aromatic rings. The highest BCUT2D eigenvalue weighted by molar-refractivity contribution is 7.90. The van der Waals surface area contributed by atoms with E-state index in [1.165, 1.54) is 6.07 Å². The van der Waals surface area contributed by atoms with Gasteiger partial charge in [-0.2, -0.15) is 0 Å². The first-order valence-corrected chi connectivity index (χ1v) is 10.8. The molecular weight excluding hydrogens is 374 g/mol. The van der Waals surface area contributed by atoms with Crippen molar-refractivity contribution in [3.8, 4) is 11.3 Å². The number of carbonyl (C=O) groups is 1. The molecule has 1 atom stereocenters. The van der Waals surface area contributed by atoms with E-state index < -0.39 is 9.84 Å². The number of hydrogen-bond acceptors (Lipinski definition) is 5. The fourth-order valence-corrected chi connectivity index (χ4v) is 3.39. The maximum Gasteiger partial charge on any atom is 0.231 e. The number of rotatable bonds is 6. The second kappa shape index (κ2) is 8.31. The summed E-state index contributed by atoms with van der Waals surface area (Å²) >= 11 is 0. The molecule has 0 bridgehead atoms. The number of benzene rings is 2. The van der Waals surface area contributed by atoms with Crippen LogP contribution in [0.5, 0.6) is 0 Å². The maximum absolute atomic E-state index is 12.6. The Morgan fingerprint density at radius 2 is 1.64 bits per heavy atom. The zero-order valence-electron chi connectivity index (χ0n) is 15.7. The molecule has 0 aliphatic heterocycles. The number of aromatic nitrogens is 2. The van der Waals surface area contributed by atoms with Crippen molar-refractivity contribution in [1.29, 1.82) is 0 Å². The summed E-state index contributed by atoms with van der Waals surface area (Å²) in [5.41, 5.74) is 3.01. The van der Waals surface area contributed by atoms with Crippen molar-refractivity contribution in [3.05, 3.63) is 72.3 Å². The topological polar surface area (TPSA) is 89.0 Å². The third-order valence-corrected chi connectivity index (χ3v) is 5.37. The molecular formula is C21H21N3O3S. The number of amides is 1. The molecule has 7 heteroatoms. The molecule has 1 N–H and O–H groups in total. The van der Waals surface area contributed by atoms with Gasteiger partial charge in [-0.1, -0.05) is 49.4 Å². The minimum atomic E-state index is -3.38. The second-order valence-electron chi connectivity index (χ2n) is 6.47. The fraction of sp³-hybridized carbons (Fsp3) is 0.190. The first-order chi connectivity index (χ1) is 13.4. The third kappa shape index (κ3) is 4.61. The van der Waals surface area contributed by atoms with E-state index in [0.717, 1.165) is 17.4 Å². The van der Waals surface area contributed by atoms with Crippen LogP contribution in [-0.2, 0) is 14.6 Å². The Morgan fingerprint density at radius 3 is 2.18 bits per heavy atom. The third-order valence-electron chi connectivity index (χ3n) is 4.39. The van der Waals surface area contributed by atoms with E-state index >= 15 is 0 Å². The summed E-state index contributed by atoms with van der Waals surface area (Å²) in [7, 11) is -3.38. The standard InChI is InChI=1S/C21H21N3O3S/c1-3-18(15-7-5-4-6-8-15)21(25)22-17-11-9-16(10-12-17)19-13-14-20(24-23-19)28(2,26)27/h4-14,18H,3H2,1-2H3,(H,22,25)/t18-/m1/s1. The van der Waals surface area contributed by atoms with Crippen LogP contribution in [0.3, 0.4) is 0 Å². The van der Waals surface area contributed by atoms with Crippen LogP contribution in [0.4, 0.5) is 5.69 Å². The van der Waals surface area contributed by atoms with Crippen molar-refractivity contribution < 1.29 is 13.2 Å². The first-order valence-electron chi connectivity index (χ1n) is 8.88. The summed E-state index contributed by atoms with van der Waals surface area (Å²) in [4.78, 5) is 12.6. The van der Waals surface area contributed by atoms with E-state index in [0.29, 0.717) is 17.8 Å². The molecule has 0 saturated carbocycles. The van der Waals surface area contributed by atoms with Crippen molar-refractivity contribution >= 4 is 21.4 Å². The summed E-state index contributed by atoms with van der Waals surface area (Å²) in [6.07, 6.45) is 1.80. The fourth-order valence-electron chi connectivity index (χ4n) is 2.88. The Morgan fingerprint density at radius 1 is 0.964 bits per heavy atom. The number of carbonyl (C=O) groups excluding carboxylic acids is 1. The summed E-state index contributed by atoms with van der Waals surface area (Å²) in [6.45, 7) is 1.99. The SMILES string of the molecule is CC[C@@H](C(=O)Nc1ccc(-c2ccc(S(C)(=O)=O)nn2)cc1)c1ccccc1. The molecule has 0 saturated heterocycles. The first kappa shape index (κ1) is 19.7. The average molecular weight is 395 g/mol. The lowest BCUT2D eigenvalue weighted by Gasteiger charge is -2.15. The van der Waals surface area contributed by atoms with Gasteiger partial charge in [-0.05, 0) is 36.2 Å². The zero-order valence-corrected chi connectivity index (χ0v) is 16.5. The summed E-state index contributed by atoms with van der Waals surface area (Å²) < 4.78 is 22.9. The van der Waals surface area contributed by atoms with E-state index in [4.69, 9.17) is 0 Å². The van der Waals surface area contributed by atoms with Crippen molar-refractivity contribution in [2.45, 2.75) is 24.3 Å². The molecule has 6 nitrogen and oxygen atoms in total. The Balaban J connectivity index is 1.73. The molecule has 3 rings (SSSR count). The second-order valence-corrected chi connectivity index (χ2v) is 8.43. The molecule has 0 aliphatic carbocycles. The van der Waals surface area contributed by atoms with Gasteiger partial charge in [0.05, 0.1) is 11.6 Å². The summed E-state index contributed by atoms with van der Waals surface area (Å²) in [6, 6.07) is 19.9. The van der Waals surface area contributed by atoms with Crippen LogP contribution in [-0.4, -0.2) is 30.8 Å². The molecule has 0 unspecified atom stereocenters. The molecule has 0 radical (unpaired) electrons. The predicted octanol–water partition coefficient (Wildman–Crippen LogP) is 3.68. The highest BCUT2D eigenvalue weighted by atomic mass is 32.2. The number of sulfone groups is 1. The number of anilines is 1. The molecule has 0 spiro atoms. The van der Waals surface area contributed by atoms with Crippen LogP contribution in [0.1, 0.15) is 24.8 Å². The van der Waals surface area contributed by atoms with Gasteiger partial charge in [0.15, 0.2) is 14.9 Å². The number of nitrogens with one attached hydrogen (secondary N) is 1. The highest BCUT2D eigenvalue weighted by Gasteiger charge is 2.18. The van der Waals surface area contributed by atoms with Gasteiger partial charge < -0.3 is 5.32 Å². The molecule has 28 heavy (non-hydrogen) atoms. The van der Waals surface area contributed by atoms with Gasteiger partial charge in [0.2, 0.25) is 5.91 Å². The van der Waals surface area contributed by atoms with E-state index in [1.807, 2.05) is 49.4 Å². The lowest BCUT2D eigenvalue weighted by atomic mass is 9.95. The van der Waals surface area contributed by atoms with E-state index in [2.05, 4.69) is 15.5 Å². The van der Waals surface area contributed by atoms with Gasteiger partial charge in [-0.3, -0.25) is 4.79 Å². The number of nitrogens with zero attached hydrogens (tertiary/aromatic N) is 2. The van der Waals surface area contributed by atoms with Crippen LogP contribution in [0.25, 0.3) is 11.3 Å². The van der Waals surface area contributed by atoms with Crippen LogP contribution in [0.15, 0.2) is 71.8 Å². The molecule has 1 aromatic heterocycles. The Hall–Kier alpha value is -3.06. The Bertz CT molecular complexity index is 1050. The predicted molar refractivity (Wildman–Crippen MR) is 109 cm³/mol. The zero-order chi connectivity index (χ0) is 20.1. The molecule has 1 amide bonds. The normalized spacial score (nSPS) is 12.4. The molecule has 0 aliphatic rings. The average Bonchev–Trinajstić information content (AvgIpc) is 2.69. The largest absolute Gasteiger partial charge is 0.326 e. The van der Waals surface area contributed by atoms with Crippen molar-refractivity contribution in [2.24, 2.45) is 0 Å². The molecule has 144 valence electrons. The molecule has 0 fully saturated rings. The van der Waals surface area contributed by atoms with Gasteiger partial charge in [-0.15, -0.1) is 10.2 Å². The van der Waals surface area contributed by atoms with E-state index in [-0.39, 0.29) is 16.9 Å². The lowest BCUT2D eigenvalue weighted by Crippen LogP contribution is -2.20. The van der Waals surface area contributed by atoms with Gasteiger partial charge in [0, 0.05) is 17.5 Å².